The molecule has 0 aromatic carbocycles. The molecule has 0 bridgehead atoms. The average Bonchev–Trinajstić information content (AvgIpc) is 2.80. The van der Waals surface area contributed by atoms with Gasteiger partial charge in [-0.1, -0.05) is 27.7 Å². The van der Waals surface area contributed by atoms with Crippen molar-refractivity contribution in [1.29, 1.82) is 0 Å². The summed E-state index contributed by atoms with van der Waals surface area (Å²) in [6.45, 7) is 6.97. The summed E-state index contributed by atoms with van der Waals surface area (Å²) in [4.78, 5) is 13.3. The highest BCUT2D eigenvalue weighted by Crippen LogP contribution is 2.28. The maximum atomic E-state index is 11.9. The number of halogens is 3. The summed E-state index contributed by atoms with van der Waals surface area (Å²) < 4.78 is 39.2. The highest BCUT2D eigenvalue weighted by Gasteiger charge is 2.37. The van der Waals surface area contributed by atoms with E-state index in [9.17, 15) is 18.0 Å². The first-order valence-electron chi connectivity index (χ1n) is 6.90. The van der Waals surface area contributed by atoms with Gasteiger partial charge in [-0.3, -0.25) is 9.53 Å². The van der Waals surface area contributed by atoms with E-state index in [1.165, 1.54) is 0 Å². The van der Waals surface area contributed by atoms with Crippen molar-refractivity contribution in [3.8, 4) is 0 Å². The van der Waals surface area contributed by atoms with Crippen LogP contribution in [0, 0.1) is 0 Å². The van der Waals surface area contributed by atoms with E-state index in [0.29, 0.717) is 0 Å². The Hall–Kier alpha value is -0.780. The molecule has 2 atom stereocenters. The summed E-state index contributed by atoms with van der Waals surface area (Å²) in [6, 6.07) is 0.119. The molecular weight excluding hydrogens is 259 g/mol. The van der Waals surface area contributed by atoms with Gasteiger partial charge < -0.3 is 4.90 Å². The normalized spacial score (nSPS) is 23.0. The number of likely N-dealkylation sites (tertiary alicyclic amines) is 1. The summed E-state index contributed by atoms with van der Waals surface area (Å²) in [5, 5.41) is 0. The molecule has 0 saturated carbocycles. The molecule has 0 radical (unpaired) electrons. The van der Waals surface area contributed by atoms with Crippen molar-refractivity contribution in [3.05, 3.63) is 0 Å². The van der Waals surface area contributed by atoms with E-state index < -0.39 is 18.9 Å². The Kier molecular flexibility index (Phi) is 8.06. The van der Waals surface area contributed by atoms with Crippen LogP contribution in [0.15, 0.2) is 0 Å². The molecule has 0 aliphatic carbocycles. The Morgan fingerprint density at radius 1 is 1.16 bits per heavy atom. The van der Waals surface area contributed by atoms with E-state index in [4.69, 9.17) is 0 Å². The molecule has 0 aromatic heterocycles. The molecule has 114 valence electrons. The highest BCUT2D eigenvalue weighted by molar-refractivity contribution is 5.78. The molecule has 1 fully saturated rings. The molecule has 0 aromatic rings. The molecule has 1 rings (SSSR count). The van der Waals surface area contributed by atoms with E-state index in [0.717, 1.165) is 25.7 Å². The van der Waals surface area contributed by atoms with Gasteiger partial charge in [0.15, 0.2) is 0 Å². The van der Waals surface area contributed by atoms with Gasteiger partial charge in [0.1, 0.15) is 6.61 Å². The second-order valence-electron chi connectivity index (χ2n) is 4.24. The first kappa shape index (κ1) is 18.2. The zero-order chi connectivity index (χ0) is 15.1. The van der Waals surface area contributed by atoms with E-state index in [1.807, 2.05) is 27.7 Å². The van der Waals surface area contributed by atoms with Gasteiger partial charge in [0.2, 0.25) is 5.91 Å². The van der Waals surface area contributed by atoms with Crippen molar-refractivity contribution < 1.29 is 22.7 Å². The number of nitrogens with zero attached hydrogens (tertiary/aromatic N) is 1. The van der Waals surface area contributed by atoms with Crippen LogP contribution in [0.2, 0.25) is 0 Å². The predicted molar refractivity (Wildman–Crippen MR) is 67.6 cm³/mol. The Labute approximate surface area is 113 Å². The number of hydrogen-bond acceptors (Lipinski definition) is 2. The van der Waals surface area contributed by atoms with Crippen LogP contribution in [0.4, 0.5) is 13.2 Å². The van der Waals surface area contributed by atoms with Gasteiger partial charge in [-0.05, 0) is 25.7 Å². The lowest BCUT2D eigenvalue weighted by Crippen LogP contribution is -2.43. The molecule has 1 aliphatic rings. The Morgan fingerprint density at radius 3 is 1.89 bits per heavy atom. The van der Waals surface area contributed by atoms with Crippen LogP contribution in [0.3, 0.4) is 0 Å². The monoisotopic (exact) mass is 283 g/mol. The zero-order valence-electron chi connectivity index (χ0n) is 12.1. The highest BCUT2D eigenvalue weighted by atomic mass is 19.4. The topological polar surface area (TPSA) is 29.5 Å². The lowest BCUT2D eigenvalue weighted by molar-refractivity contribution is -0.322. The molecule has 0 spiro atoms. The third-order valence-corrected chi connectivity index (χ3v) is 3.21. The minimum atomic E-state index is -4.74. The van der Waals surface area contributed by atoms with Crippen molar-refractivity contribution in [2.45, 2.75) is 71.8 Å². The second-order valence-corrected chi connectivity index (χ2v) is 4.24. The number of amides is 1. The molecule has 1 aliphatic heterocycles. The van der Waals surface area contributed by atoms with Crippen molar-refractivity contribution >= 4 is 5.91 Å². The smallest absolute Gasteiger partial charge is 0.335 e. The fourth-order valence-corrected chi connectivity index (χ4v) is 2.39. The first-order chi connectivity index (χ1) is 8.89. The van der Waals surface area contributed by atoms with Crippen LogP contribution in [0.1, 0.15) is 53.4 Å². The van der Waals surface area contributed by atoms with Gasteiger partial charge in [0, 0.05) is 12.1 Å². The molecule has 19 heavy (non-hydrogen) atoms. The fourth-order valence-electron chi connectivity index (χ4n) is 2.39. The molecular formula is C13H24F3NO2. The number of ether oxygens (including phenoxy) is 1. The van der Waals surface area contributed by atoms with Crippen LogP contribution in [-0.4, -0.2) is 35.9 Å². The van der Waals surface area contributed by atoms with Crippen LogP contribution in [0.25, 0.3) is 0 Å². The van der Waals surface area contributed by atoms with Crippen molar-refractivity contribution in [2.75, 3.05) is 6.61 Å². The Balaban J connectivity index is 0.00000154. The predicted octanol–water partition coefficient (Wildman–Crippen LogP) is 3.73. The third kappa shape index (κ3) is 5.80. The molecule has 0 N–H and O–H groups in total. The summed E-state index contributed by atoms with van der Waals surface area (Å²) >= 11 is 0. The number of rotatable bonds is 4. The SMILES string of the molecule is CC.CCC1CCC(CC)N1C(=O)COC(F)(F)F. The summed E-state index contributed by atoms with van der Waals surface area (Å²) in [7, 11) is 0. The first-order valence-corrected chi connectivity index (χ1v) is 6.90. The molecule has 1 amide bonds. The lowest BCUT2D eigenvalue weighted by Gasteiger charge is -2.29. The molecule has 6 heteroatoms. The number of carbonyl (C=O) groups is 1. The molecule has 3 nitrogen and oxygen atoms in total. The zero-order valence-corrected chi connectivity index (χ0v) is 12.1. The molecule has 1 heterocycles. The van der Waals surface area contributed by atoms with E-state index in [1.54, 1.807) is 4.90 Å². The van der Waals surface area contributed by atoms with Crippen molar-refractivity contribution in [2.24, 2.45) is 0 Å². The van der Waals surface area contributed by atoms with E-state index in [-0.39, 0.29) is 12.1 Å². The van der Waals surface area contributed by atoms with Gasteiger partial charge in [0.25, 0.3) is 0 Å². The maximum absolute atomic E-state index is 11.9. The van der Waals surface area contributed by atoms with Crippen molar-refractivity contribution in [3.63, 3.8) is 0 Å². The van der Waals surface area contributed by atoms with E-state index in [2.05, 4.69) is 4.74 Å². The molecule has 1 saturated heterocycles. The van der Waals surface area contributed by atoms with Crippen LogP contribution >= 0.6 is 0 Å². The third-order valence-electron chi connectivity index (χ3n) is 3.21. The van der Waals surface area contributed by atoms with Gasteiger partial charge >= 0.3 is 6.36 Å². The molecule has 2 unspecified atom stereocenters. The summed E-state index contributed by atoms with van der Waals surface area (Å²) in [5.41, 5.74) is 0. The average molecular weight is 283 g/mol. The van der Waals surface area contributed by atoms with Gasteiger partial charge in [0.05, 0.1) is 0 Å². The lowest BCUT2D eigenvalue weighted by atomic mass is 10.1. The van der Waals surface area contributed by atoms with Crippen LogP contribution in [0.5, 0.6) is 0 Å². The second kappa shape index (κ2) is 8.40. The number of hydrogen-bond donors (Lipinski definition) is 0. The summed E-state index contributed by atoms with van der Waals surface area (Å²) in [5.74, 6) is -0.557. The van der Waals surface area contributed by atoms with Gasteiger partial charge in [-0.25, -0.2) is 0 Å². The Bertz CT molecular complexity index is 257. The summed E-state index contributed by atoms with van der Waals surface area (Å²) in [6.07, 6.45) is -1.46. The number of carbonyl (C=O) groups excluding carboxylic acids is 1. The minimum Gasteiger partial charge on any atom is -0.335 e. The van der Waals surface area contributed by atoms with Crippen LogP contribution in [-0.2, 0) is 9.53 Å². The number of alkyl halides is 3. The van der Waals surface area contributed by atoms with Crippen LogP contribution < -0.4 is 0 Å². The van der Waals surface area contributed by atoms with Crippen molar-refractivity contribution in [1.82, 2.24) is 4.90 Å². The Morgan fingerprint density at radius 2 is 1.58 bits per heavy atom. The minimum absolute atomic E-state index is 0.0595. The largest absolute Gasteiger partial charge is 0.523 e. The quantitative estimate of drug-likeness (QED) is 0.786. The van der Waals surface area contributed by atoms with Gasteiger partial charge in [-0.2, -0.15) is 0 Å². The van der Waals surface area contributed by atoms with Gasteiger partial charge in [-0.15, -0.1) is 13.2 Å². The standard InChI is InChI=1S/C11H18F3NO2.C2H6/c1-3-8-5-6-9(4-2)15(8)10(16)7-17-11(12,13)14;1-2/h8-9H,3-7H2,1-2H3;1-2H3. The maximum Gasteiger partial charge on any atom is 0.523 e. The van der Waals surface area contributed by atoms with E-state index >= 15 is 0 Å². The fraction of sp³-hybridized carbons (Fsp3) is 0.923.